The van der Waals surface area contributed by atoms with E-state index < -0.39 is 26.7 Å². The molecule has 0 aromatic heterocycles. The molecule has 0 saturated heterocycles. The molecule has 0 spiro atoms. The zero-order chi connectivity index (χ0) is 14.5. The molecular weight excluding hydrogens is 283 g/mol. The van der Waals surface area contributed by atoms with Gasteiger partial charge in [-0.3, -0.25) is 0 Å². The lowest BCUT2D eigenvalue weighted by Gasteiger charge is -2.13. The normalized spacial score (nSPS) is 12.6. The second kappa shape index (κ2) is 6.36. The van der Waals surface area contributed by atoms with Crippen LogP contribution in [0.4, 0.5) is 13.2 Å². The van der Waals surface area contributed by atoms with Crippen molar-refractivity contribution in [3.63, 3.8) is 0 Å². The fourth-order valence-corrected chi connectivity index (χ4v) is 2.76. The van der Waals surface area contributed by atoms with Crippen molar-refractivity contribution in [2.24, 2.45) is 0 Å². The minimum absolute atomic E-state index is 0.0188. The Labute approximate surface area is 109 Å². The van der Waals surface area contributed by atoms with E-state index in [1.165, 1.54) is 6.07 Å². The van der Waals surface area contributed by atoms with Gasteiger partial charge in [-0.1, -0.05) is 12.1 Å². The molecule has 0 fully saturated rings. The number of hydrogen-bond acceptors (Lipinski definition) is 3. The third kappa shape index (κ3) is 4.48. The van der Waals surface area contributed by atoms with Crippen LogP contribution in [0.1, 0.15) is 18.4 Å². The summed E-state index contributed by atoms with van der Waals surface area (Å²) >= 11 is 0. The Morgan fingerprint density at radius 2 is 1.79 bits per heavy atom. The SMILES string of the molecule is O=S(=O)(NCCCCO)c1ccccc1C(F)(F)F. The summed E-state index contributed by atoms with van der Waals surface area (Å²) in [4.78, 5) is -0.786. The quantitative estimate of drug-likeness (QED) is 0.786. The molecule has 0 aliphatic heterocycles. The lowest BCUT2D eigenvalue weighted by molar-refractivity contribution is -0.139. The molecule has 0 bridgehead atoms. The Morgan fingerprint density at radius 1 is 1.16 bits per heavy atom. The fourth-order valence-electron chi connectivity index (χ4n) is 1.46. The summed E-state index contributed by atoms with van der Waals surface area (Å²) < 4.78 is 63.8. The molecule has 108 valence electrons. The van der Waals surface area contributed by atoms with E-state index in [2.05, 4.69) is 4.72 Å². The van der Waals surface area contributed by atoms with E-state index in [1.54, 1.807) is 0 Å². The predicted octanol–water partition coefficient (Wildman–Crippen LogP) is 1.76. The van der Waals surface area contributed by atoms with Gasteiger partial charge in [-0.05, 0) is 25.0 Å². The number of sulfonamides is 1. The van der Waals surface area contributed by atoms with Crippen LogP contribution in [-0.2, 0) is 16.2 Å². The minimum atomic E-state index is -4.73. The molecule has 8 heteroatoms. The molecule has 1 rings (SSSR count). The van der Waals surface area contributed by atoms with Gasteiger partial charge in [-0.15, -0.1) is 0 Å². The van der Waals surface area contributed by atoms with Crippen LogP contribution in [0.25, 0.3) is 0 Å². The van der Waals surface area contributed by atoms with Crippen LogP contribution in [0.15, 0.2) is 29.2 Å². The van der Waals surface area contributed by atoms with Crippen molar-refractivity contribution in [3.8, 4) is 0 Å². The van der Waals surface area contributed by atoms with E-state index in [9.17, 15) is 21.6 Å². The van der Waals surface area contributed by atoms with Gasteiger partial charge in [0.2, 0.25) is 10.0 Å². The molecule has 0 unspecified atom stereocenters. The summed E-state index contributed by atoms with van der Waals surface area (Å²) in [5.41, 5.74) is -1.19. The van der Waals surface area contributed by atoms with E-state index >= 15 is 0 Å². The highest BCUT2D eigenvalue weighted by atomic mass is 32.2. The summed E-state index contributed by atoms with van der Waals surface area (Å²) in [5.74, 6) is 0. The van der Waals surface area contributed by atoms with Crippen LogP contribution in [0.2, 0.25) is 0 Å². The van der Waals surface area contributed by atoms with E-state index in [-0.39, 0.29) is 13.2 Å². The smallest absolute Gasteiger partial charge is 0.396 e. The van der Waals surface area contributed by atoms with Gasteiger partial charge in [-0.25, -0.2) is 13.1 Å². The average molecular weight is 297 g/mol. The summed E-state index contributed by atoms with van der Waals surface area (Å²) in [7, 11) is -4.21. The number of aliphatic hydroxyl groups is 1. The highest BCUT2D eigenvalue weighted by Gasteiger charge is 2.36. The van der Waals surface area contributed by atoms with Crippen LogP contribution in [0.5, 0.6) is 0 Å². The molecule has 0 atom stereocenters. The average Bonchev–Trinajstić information content (AvgIpc) is 2.34. The van der Waals surface area contributed by atoms with Gasteiger partial charge in [0.15, 0.2) is 0 Å². The molecule has 0 aliphatic carbocycles. The number of nitrogens with one attached hydrogen (secondary N) is 1. The van der Waals surface area contributed by atoms with E-state index in [4.69, 9.17) is 5.11 Å². The van der Waals surface area contributed by atoms with Gasteiger partial charge in [-0.2, -0.15) is 13.2 Å². The van der Waals surface area contributed by atoms with Crippen molar-refractivity contribution in [3.05, 3.63) is 29.8 Å². The predicted molar refractivity (Wildman–Crippen MR) is 63.0 cm³/mol. The Bertz CT molecular complexity index is 514. The molecule has 0 saturated carbocycles. The molecule has 2 N–H and O–H groups in total. The maximum atomic E-state index is 12.7. The van der Waals surface area contributed by atoms with Crippen LogP contribution >= 0.6 is 0 Å². The van der Waals surface area contributed by atoms with Crippen LogP contribution < -0.4 is 4.72 Å². The topological polar surface area (TPSA) is 66.4 Å². The fraction of sp³-hybridized carbons (Fsp3) is 0.455. The van der Waals surface area contributed by atoms with E-state index in [0.717, 1.165) is 18.2 Å². The largest absolute Gasteiger partial charge is 0.417 e. The Morgan fingerprint density at radius 3 is 2.37 bits per heavy atom. The maximum absolute atomic E-state index is 12.7. The number of alkyl halides is 3. The van der Waals surface area contributed by atoms with Crippen molar-refractivity contribution in [2.45, 2.75) is 23.9 Å². The lowest BCUT2D eigenvalue weighted by atomic mass is 10.2. The highest BCUT2D eigenvalue weighted by molar-refractivity contribution is 7.89. The number of unbranched alkanes of at least 4 members (excludes halogenated alkanes) is 1. The minimum Gasteiger partial charge on any atom is -0.396 e. The summed E-state index contributed by atoms with van der Waals surface area (Å²) in [6, 6.07) is 4.00. The third-order valence-corrected chi connectivity index (χ3v) is 3.88. The summed E-state index contributed by atoms with van der Waals surface area (Å²) in [6.07, 6.45) is -4.00. The first kappa shape index (κ1) is 15.9. The molecule has 1 aromatic rings. The van der Waals surface area contributed by atoms with Crippen molar-refractivity contribution >= 4 is 10.0 Å². The van der Waals surface area contributed by atoms with Crippen LogP contribution in [-0.4, -0.2) is 26.7 Å². The van der Waals surface area contributed by atoms with Gasteiger partial charge in [0.25, 0.3) is 0 Å². The van der Waals surface area contributed by atoms with Crippen molar-refractivity contribution in [1.82, 2.24) is 4.72 Å². The first-order valence-corrected chi connectivity index (χ1v) is 7.04. The molecular formula is C11H14F3NO3S. The Balaban J connectivity index is 2.96. The van der Waals surface area contributed by atoms with Crippen molar-refractivity contribution < 1.29 is 26.7 Å². The lowest BCUT2D eigenvalue weighted by Crippen LogP contribution is -2.27. The van der Waals surface area contributed by atoms with Gasteiger partial charge >= 0.3 is 6.18 Å². The maximum Gasteiger partial charge on any atom is 0.417 e. The third-order valence-electron chi connectivity index (χ3n) is 2.36. The number of benzene rings is 1. The number of rotatable bonds is 6. The number of halogens is 3. The van der Waals surface area contributed by atoms with Gasteiger partial charge < -0.3 is 5.11 Å². The second-order valence-corrected chi connectivity index (χ2v) is 5.56. The van der Waals surface area contributed by atoms with Crippen molar-refractivity contribution in [2.75, 3.05) is 13.2 Å². The standard InChI is InChI=1S/C11H14F3NO3S/c12-11(13,14)9-5-1-2-6-10(9)19(17,18)15-7-3-4-8-16/h1-2,5-6,15-16H,3-4,7-8H2. The van der Waals surface area contributed by atoms with Gasteiger partial charge in [0.1, 0.15) is 0 Å². The second-order valence-electron chi connectivity index (χ2n) is 3.82. The summed E-state index contributed by atoms with van der Waals surface area (Å²) in [6.45, 7) is -0.115. The van der Waals surface area contributed by atoms with Gasteiger partial charge in [0.05, 0.1) is 10.5 Å². The first-order chi connectivity index (χ1) is 8.79. The monoisotopic (exact) mass is 297 g/mol. The molecule has 4 nitrogen and oxygen atoms in total. The van der Waals surface area contributed by atoms with Gasteiger partial charge in [0, 0.05) is 13.2 Å². The van der Waals surface area contributed by atoms with Crippen molar-refractivity contribution in [1.29, 1.82) is 0 Å². The molecule has 1 aromatic carbocycles. The van der Waals surface area contributed by atoms with E-state index in [0.29, 0.717) is 12.8 Å². The summed E-state index contributed by atoms with van der Waals surface area (Å²) in [5, 5.41) is 8.54. The zero-order valence-corrected chi connectivity index (χ0v) is 10.8. The highest BCUT2D eigenvalue weighted by Crippen LogP contribution is 2.33. The van der Waals surface area contributed by atoms with Crippen LogP contribution in [0, 0.1) is 0 Å². The number of hydrogen-bond donors (Lipinski definition) is 2. The number of aliphatic hydroxyl groups excluding tert-OH is 1. The molecule has 0 heterocycles. The Hall–Kier alpha value is -1.12. The molecule has 0 radical (unpaired) electrons. The van der Waals surface area contributed by atoms with Crippen LogP contribution in [0.3, 0.4) is 0 Å². The van der Waals surface area contributed by atoms with E-state index in [1.807, 2.05) is 0 Å². The zero-order valence-electron chi connectivity index (χ0n) is 9.94. The molecule has 19 heavy (non-hydrogen) atoms. The molecule has 0 aliphatic rings. The first-order valence-electron chi connectivity index (χ1n) is 5.56. The molecule has 0 amide bonds. The Kier molecular flexibility index (Phi) is 5.33.